The first-order valence-corrected chi connectivity index (χ1v) is 6.60. The molecule has 0 fully saturated rings. The zero-order chi connectivity index (χ0) is 15.8. The van der Waals surface area contributed by atoms with Gasteiger partial charge >= 0.3 is 5.97 Å². The van der Waals surface area contributed by atoms with Crippen LogP contribution < -0.4 is 0 Å². The second kappa shape index (κ2) is 5.24. The average Bonchev–Trinajstić information content (AvgIpc) is 2.67. The lowest BCUT2D eigenvalue weighted by molar-refractivity contribution is -0.149. The molecule has 21 heavy (non-hydrogen) atoms. The number of fused-ring (bicyclic) bond motifs is 1. The zero-order valence-electron chi connectivity index (χ0n) is 12.1. The summed E-state index contributed by atoms with van der Waals surface area (Å²) in [5.74, 6) is -2.95. The molecular formula is C16H16O5. The lowest BCUT2D eigenvalue weighted by Crippen LogP contribution is -2.37. The highest BCUT2D eigenvalue weighted by atomic mass is 16.5. The van der Waals surface area contributed by atoms with E-state index in [4.69, 9.17) is 0 Å². The van der Waals surface area contributed by atoms with E-state index in [2.05, 4.69) is 4.74 Å². The van der Waals surface area contributed by atoms with Crippen LogP contribution in [0.3, 0.4) is 0 Å². The summed E-state index contributed by atoms with van der Waals surface area (Å²) in [4.78, 5) is 48.4. The van der Waals surface area contributed by atoms with E-state index in [1.54, 1.807) is 24.3 Å². The smallest absolute Gasteiger partial charge is 0.316 e. The zero-order valence-corrected chi connectivity index (χ0v) is 12.1. The fourth-order valence-corrected chi connectivity index (χ4v) is 2.71. The van der Waals surface area contributed by atoms with Gasteiger partial charge in [-0.15, -0.1) is 0 Å². The van der Waals surface area contributed by atoms with Crippen LogP contribution in [0, 0.1) is 11.3 Å². The van der Waals surface area contributed by atoms with Gasteiger partial charge in [-0.1, -0.05) is 24.3 Å². The van der Waals surface area contributed by atoms with E-state index >= 15 is 0 Å². The van der Waals surface area contributed by atoms with Gasteiger partial charge in [-0.2, -0.15) is 0 Å². The van der Waals surface area contributed by atoms with Crippen LogP contribution in [0.2, 0.25) is 0 Å². The highest BCUT2D eigenvalue weighted by molar-refractivity contribution is 6.29. The summed E-state index contributed by atoms with van der Waals surface area (Å²) in [6.07, 6.45) is -0.165. The third-order valence-corrected chi connectivity index (χ3v) is 4.01. The molecule has 0 amide bonds. The molecule has 1 aliphatic carbocycles. The molecule has 1 aromatic carbocycles. The maximum Gasteiger partial charge on any atom is 0.316 e. The van der Waals surface area contributed by atoms with Crippen LogP contribution in [0.25, 0.3) is 0 Å². The topological polar surface area (TPSA) is 77.5 Å². The summed E-state index contributed by atoms with van der Waals surface area (Å²) in [6.45, 7) is 2.73. The van der Waals surface area contributed by atoms with Crippen molar-refractivity contribution >= 4 is 23.3 Å². The Kier molecular flexibility index (Phi) is 3.77. The van der Waals surface area contributed by atoms with Gasteiger partial charge in [0.2, 0.25) is 0 Å². The molecule has 1 unspecified atom stereocenters. The van der Waals surface area contributed by atoms with Gasteiger partial charge in [0.05, 0.1) is 12.5 Å². The fraction of sp³-hybridized carbons (Fsp3) is 0.375. The molecule has 110 valence electrons. The maximum absolute atomic E-state index is 12.5. The number of carbonyl (C=O) groups excluding carboxylic acids is 4. The van der Waals surface area contributed by atoms with Crippen LogP contribution in [0.1, 0.15) is 41.0 Å². The summed E-state index contributed by atoms with van der Waals surface area (Å²) >= 11 is 0. The summed E-state index contributed by atoms with van der Waals surface area (Å²) in [6, 6.07) is 6.53. The van der Waals surface area contributed by atoms with E-state index < -0.39 is 23.1 Å². The third kappa shape index (κ3) is 2.28. The predicted molar refractivity (Wildman–Crippen MR) is 74.0 cm³/mol. The Morgan fingerprint density at radius 2 is 1.62 bits per heavy atom. The van der Waals surface area contributed by atoms with Gasteiger partial charge in [-0.25, -0.2) is 0 Å². The molecule has 0 N–H and O–H groups in total. The largest absolute Gasteiger partial charge is 0.468 e. The molecule has 2 rings (SSSR count). The minimum absolute atomic E-state index is 0.165. The molecule has 0 saturated heterocycles. The highest BCUT2D eigenvalue weighted by Crippen LogP contribution is 2.41. The molecule has 1 aliphatic rings. The van der Waals surface area contributed by atoms with Crippen LogP contribution in [0.15, 0.2) is 24.3 Å². The molecule has 1 atom stereocenters. The minimum atomic E-state index is -1.39. The van der Waals surface area contributed by atoms with Gasteiger partial charge in [0.15, 0.2) is 11.6 Å². The molecule has 0 aliphatic heterocycles. The van der Waals surface area contributed by atoms with Crippen LogP contribution in [-0.4, -0.2) is 30.4 Å². The van der Waals surface area contributed by atoms with E-state index in [0.717, 1.165) is 0 Å². The molecule has 5 heteroatoms. The van der Waals surface area contributed by atoms with Gasteiger partial charge in [-0.05, 0) is 20.3 Å². The third-order valence-electron chi connectivity index (χ3n) is 4.01. The molecule has 1 aromatic rings. The fourth-order valence-electron chi connectivity index (χ4n) is 2.71. The van der Waals surface area contributed by atoms with Gasteiger partial charge in [-0.3, -0.25) is 19.2 Å². The Hall–Kier alpha value is -2.30. The molecule has 0 bridgehead atoms. The van der Waals surface area contributed by atoms with Crippen LogP contribution in [0.4, 0.5) is 0 Å². The Labute approximate surface area is 122 Å². The molecule has 0 heterocycles. The van der Waals surface area contributed by atoms with Crippen molar-refractivity contribution in [3.8, 4) is 0 Å². The number of benzene rings is 1. The number of Topliss-reactive ketones (excluding diaryl/α,β-unsaturated/α-hetero) is 3. The van der Waals surface area contributed by atoms with Crippen molar-refractivity contribution < 1.29 is 23.9 Å². The van der Waals surface area contributed by atoms with E-state index in [9.17, 15) is 19.2 Å². The van der Waals surface area contributed by atoms with Crippen LogP contribution in [0.5, 0.6) is 0 Å². The van der Waals surface area contributed by atoms with Crippen LogP contribution >= 0.6 is 0 Å². The Morgan fingerprint density at radius 1 is 1.14 bits per heavy atom. The molecule has 5 nitrogen and oxygen atoms in total. The Bertz CT molecular complexity index is 609. The second-order valence-corrected chi connectivity index (χ2v) is 5.43. The van der Waals surface area contributed by atoms with Crippen molar-refractivity contribution in [2.24, 2.45) is 11.3 Å². The highest BCUT2D eigenvalue weighted by Gasteiger charge is 2.51. The maximum atomic E-state index is 12.5. The lowest BCUT2D eigenvalue weighted by atomic mass is 9.76. The monoisotopic (exact) mass is 288 g/mol. The molecule has 0 spiro atoms. The standard InChI is InChI=1S/C16H16O5/c1-9(17)12(15(20)21-3)8-16(2)13(18)10-6-4-5-7-11(10)14(16)19/h4-7,12H,8H2,1-3H3. The summed E-state index contributed by atoms with van der Waals surface area (Å²) in [5.41, 5.74) is -0.705. The van der Waals surface area contributed by atoms with E-state index in [1.807, 2.05) is 0 Å². The van der Waals surface area contributed by atoms with Crippen molar-refractivity contribution in [2.75, 3.05) is 7.11 Å². The minimum Gasteiger partial charge on any atom is -0.468 e. The summed E-state index contributed by atoms with van der Waals surface area (Å²) in [7, 11) is 1.17. The van der Waals surface area contributed by atoms with Crippen molar-refractivity contribution in [3.05, 3.63) is 35.4 Å². The first-order chi connectivity index (χ1) is 9.82. The molecule has 0 aromatic heterocycles. The van der Waals surface area contributed by atoms with E-state index in [1.165, 1.54) is 21.0 Å². The van der Waals surface area contributed by atoms with E-state index in [0.29, 0.717) is 11.1 Å². The van der Waals surface area contributed by atoms with Gasteiger partial charge in [0.1, 0.15) is 11.7 Å². The first kappa shape index (κ1) is 15.1. The number of rotatable bonds is 4. The summed E-state index contributed by atoms with van der Waals surface area (Å²) < 4.78 is 4.59. The number of carbonyl (C=O) groups is 4. The quantitative estimate of drug-likeness (QED) is 0.624. The number of ether oxygens (including phenoxy) is 1. The lowest BCUT2D eigenvalue weighted by Gasteiger charge is -2.23. The number of hydrogen-bond acceptors (Lipinski definition) is 5. The Morgan fingerprint density at radius 3 is 2.00 bits per heavy atom. The van der Waals surface area contributed by atoms with Crippen molar-refractivity contribution in [3.63, 3.8) is 0 Å². The van der Waals surface area contributed by atoms with Gasteiger partial charge < -0.3 is 4.74 Å². The predicted octanol–water partition coefficient (Wildman–Crippen LogP) is 1.84. The van der Waals surface area contributed by atoms with Crippen LogP contribution in [-0.2, 0) is 14.3 Å². The number of ketones is 3. The van der Waals surface area contributed by atoms with Gasteiger partial charge in [0.25, 0.3) is 0 Å². The molecule has 0 saturated carbocycles. The van der Waals surface area contributed by atoms with Gasteiger partial charge in [0, 0.05) is 11.1 Å². The van der Waals surface area contributed by atoms with E-state index in [-0.39, 0.29) is 18.0 Å². The normalized spacial score (nSPS) is 17.3. The SMILES string of the molecule is COC(=O)C(CC1(C)C(=O)c2ccccc2C1=O)C(C)=O. The average molecular weight is 288 g/mol. The molecular weight excluding hydrogens is 272 g/mol. The van der Waals surface area contributed by atoms with Crippen molar-refractivity contribution in [1.29, 1.82) is 0 Å². The second-order valence-electron chi connectivity index (χ2n) is 5.43. The van der Waals surface area contributed by atoms with Crippen molar-refractivity contribution in [1.82, 2.24) is 0 Å². The number of hydrogen-bond donors (Lipinski definition) is 0. The Balaban J connectivity index is 2.40. The number of methoxy groups -OCH3 is 1. The van der Waals surface area contributed by atoms with Crippen molar-refractivity contribution in [2.45, 2.75) is 20.3 Å². The summed E-state index contributed by atoms with van der Waals surface area (Å²) in [5, 5.41) is 0. The first-order valence-electron chi connectivity index (χ1n) is 6.60. The molecule has 0 radical (unpaired) electrons. The number of esters is 1.